The Bertz CT molecular complexity index is 579. The molecule has 2 aromatic carbocycles. The maximum atomic E-state index is 12.0. The molecule has 1 amide bonds. The molecule has 0 fully saturated rings. The number of amides is 1. The number of nitrogens with two attached hydrogens (primary N) is 1. The first-order valence-electron chi connectivity index (χ1n) is 5.98. The fraction of sp³-hybridized carbons (Fsp3) is 0.133. The van der Waals surface area contributed by atoms with Crippen molar-refractivity contribution < 1.29 is 9.90 Å². The number of aromatic hydroxyl groups is 1. The van der Waals surface area contributed by atoms with Crippen molar-refractivity contribution in [3.05, 3.63) is 59.7 Å². The minimum atomic E-state index is -0.733. The second-order valence-electron chi connectivity index (χ2n) is 4.43. The van der Waals surface area contributed by atoms with Crippen LogP contribution >= 0.6 is 0 Å². The number of aryl methyl sites for hydroxylation is 1. The summed E-state index contributed by atoms with van der Waals surface area (Å²) in [6, 6.07) is 13.1. The molecule has 0 heterocycles. The third kappa shape index (κ3) is 3.33. The van der Waals surface area contributed by atoms with Crippen molar-refractivity contribution in [1.29, 1.82) is 0 Å². The molecule has 0 spiro atoms. The quantitative estimate of drug-likeness (QED) is 0.789. The van der Waals surface area contributed by atoms with Gasteiger partial charge in [-0.3, -0.25) is 4.79 Å². The summed E-state index contributed by atoms with van der Waals surface area (Å²) in [5.41, 5.74) is 8.29. The summed E-state index contributed by atoms with van der Waals surface area (Å²) >= 11 is 0. The zero-order valence-corrected chi connectivity index (χ0v) is 10.6. The lowest BCUT2D eigenvalue weighted by Gasteiger charge is -2.13. The van der Waals surface area contributed by atoms with Crippen LogP contribution in [0.2, 0.25) is 0 Å². The zero-order valence-electron chi connectivity index (χ0n) is 10.6. The highest BCUT2D eigenvalue weighted by molar-refractivity contribution is 5.95. The van der Waals surface area contributed by atoms with Gasteiger partial charge in [-0.1, -0.05) is 35.9 Å². The molecule has 0 aliphatic heterocycles. The van der Waals surface area contributed by atoms with Gasteiger partial charge in [0.25, 0.3) is 0 Å². The van der Waals surface area contributed by atoms with Gasteiger partial charge in [-0.15, -0.1) is 0 Å². The lowest BCUT2D eigenvalue weighted by atomic mass is 10.1. The highest BCUT2D eigenvalue weighted by atomic mass is 16.3. The molecule has 1 unspecified atom stereocenters. The predicted octanol–water partition coefficient (Wildman–Crippen LogP) is 2.34. The van der Waals surface area contributed by atoms with Crippen molar-refractivity contribution in [3.63, 3.8) is 0 Å². The van der Waals surface area contributed by atoms with Gasteiger partial charge in [0.1, 0.15) is 11.8 Å². The smallest absolute Gasteiger partial charge is 0.245 e. The molecule has 0 saturated heterocycles. The monoisotopic (exact) mass is 256 g/mol. The Hall–Kier alpha value is -2.33. The summed E-state index contributed by atoms with van der Waals surface area (Å²) in [5, 5.41) is 12.0. The first kappa shape index (κ1) is 13.1. The standard InChI is InChI=1S/C15H16N2O2/c1-10-5-7-11(8-6-10)14(16)15(19)17-12-3-2-4-13(18)9-12/h2-9,14,18H,16H2,1H3,(H,17,19). The molecule has 0 aliphatic carbocycles. The van der Waals surface area contributed by atoms with Crippen LogP contribution in [-0.4, -0.2) is 11.0 Å². The summed E-state index contributed by atoms with van der Waals surface area (Å²) in [6.45, 7) is 1.97. The van der Waals surface area contributed by atoms with E-state index in [4.69, 9.17) is 5.73 Å². The molecule has 2 aromatic rings. The molecule has 0 saturated carbocycles. The van der Waals surface area contributed by atoms with Gasteiger partial charge >= 0.3 is 0 Å². The van der Waals surface area contributed by atoms with Crippen molar-refractivity contribution in [3.8, 4) is 5.75 Å². The van der Waals surface area contributed by atoms with E-state index < -0.39 is 6.04 Å². The summed E-state index contributed by atoms with van der Waals surface area (Å²) < 4.78 is 0. The summed E-state index contributed by atoms with van der Waals surface area (Å²) in [7, 11) is 0. The molecule has 4 nitrogen and oxygen atoms in total. The number of hydrogen-bond donors (Lipinski definition) is 3. The lowest BCUT2D eigenvalue weighted by Crippen LogP contribution is -2.27. The number of nitrogens with one attached hydrogen (secondary N) is 1. The van der Waals surface area contributed by atoms with Gasteiger partial charge in [0.05, 0.1) is 0 Å². The fourth-order valence-electron chi connectivity index (χ4n) is 1.73. The number of anilines is 1. The highest BCUT2D eigenvalue weighted by Gasteiger charge is 2.15. The summed E-state index contributed by atoms with van der Waals surface area (Å²) in [6.07, 6.45) is 0. The number of benzene rings is 2. The predicted molar refractivity (Wildman–Crippen MR) is 74.8 cm³/mol. The van der Waals surface area contributed by atoms with E-state index in [2.05, 4.69) is 5.32 Å². The van der Waals surface area contributed by atoms with Crippen LogP contribution in [0.3, 0.4) is 0 Å². The van der Waals surface area contributed by atoms with Crippen LogP contribution in [0, 0.1) is 6.92 Å². The van der Waals surface area contributed by atoms with Crippen LogP contribution in [0.25, 0.3) is 0 Å². The first-order valence-corrected chi connectivity index (χ1v) is 5.98. The van der Waals surface area contributed by atoms with Crippen LogP contribution in [0.15, 0.2) is 48.5 Å². The second-order valence-corrected chi connectivity index (χ2v) is 4.43. The number of carbonyl (C=O) groups is 1. The first-order chi connectivity index (χ1) is 9.06. The molecular formula is C15H16N2O2. The van der Waals surface area contributed by atoms with Crippen molar-refractivity contribution in [2.45, 2.75) is 13.0 Å². The Morgan fingerprint density at radius 1 is 1.21 bits per heavy atom. The van der Waals surface area contributed by atoms with E-state index in [1.165, 1.54) is 12.1 Å². The molecule has 0 aliphatic rings. The van der Waals surface area contributed by atoms with Gasteiger partial charge in [0, 0.05) is 11.8 Å². The molecule has 0 radical (unpaired) electrons. The number of hydrogen-bond acceptors (Lipinski definition) is 3. The van der Waals surface area contributed by atoms with Gasteiger partial charge in [0.15, 0.2) is 0 Å². The Kier molecular flexibility index (Phi) is 3.82. The minimum absolute atomic E-state index is 0.0988. The normalized spacial score (nSPS) is 11.9. The summed E-state index contributed by atoms with van der Waals surface area (Å²) in [4.78, 5) is 12.0. The third-order valence-corrected chi connectivity index (χ3v) is 2.83. The van der Waals surface area contributed by atoms with E-state index >= 15 is 0 Å². The van der Waals surface area contributed by atoms with E-state index in [9.17, 15) is 9.90 Å². The van der Waals surface area contributed by atoms with E-state index in [1.807, 2.05) is 31.2 Å². The topological polar surface area (TPSA) is 75.4 Å². The molecule has 19 heavy (non-hydrogen) atoms. The Morgan fingerprint density at radius 3 is 2.53 bits per heavy atom. The van der Waals surface area contributed by atoms with Gasteiger partial charge in [-0.2, -0.15) is 0 Å². The van der Waals surface area contributed by atoms with Crippen LogP contribution in [-0.2, 0) is 4.79 Å². The van der Waals surface area contributed by atoms with Gasteiger partial charge in [-0.25, -0.2) is 0 Å². The lowest BCUT2D eigenvalue weighted by molar-refractivity contribution is -0.117. The van der Waals surface area contributed by atoms with Gasteiger partial charge in [-0.05, 0) is 24.6 Å². The number of phenols is 1. The molecular weight excluding hydrogens is 240 g/mol. The van der Waals surface area contributed by atoms with E-state index in [1.54, 1.807) is 12.1 Å². The molecule has 0 aromatic heterocycles. The fourth-order valence-corrected chi connectivity index (χ4v) is 1.73. The van der Waals surface area contributed by atoms with Crippen LogP contribution in [0.4, 0.5) is 5.69 Å². The van der Waals surface area contributed by atoms with Crippen molar-refractivity contribution >= 4 is 11.6 Å². The number of phenolic OH excluding ortho intramolecular Hbond substituents is 1. The van der Waals surface area contributed by atoms with Crippen molar-refractivity contribution in [2.24, 2.45) is 5.73 Å². The molecule has 1 atom stereocenters. The SMILES string of the molecule is Cc1ccc(C(N)C(=O)Nc2cccc(O)c2)cc1. The Labute approximate surface area is 111 Å². The highest BCUT2D eigenvalue weighted by Crippen LogP contribution is 2.18. The number of rotatable bonds is 3. The number of carbonyl (C=O) groups excluding carboxylic acids is 1. The van der Waals surface area contributed by atoms with Crippen molar-refractivity contribution in [2.75, 3.05) is 5.32 Å². The second kappa shape index (κ2) is 5.54. The Balaban J connectivity index is 2.09. The molecule has 4 heteroatoms. The minimum Gasteiger partial charge on any atom is -0.508 e. The van der Waals surface area contributed by atoms with E-state index in [0.29, 0.717) is 5.69 Å². The Morgan fingerprint density at radius 2 is 1.89 bits per heavy atom. The molecule has 0 bridgehead atoms. The van der Waals surface area contributed by atoms with Crippen LogP contribution in [0.5, 0.6) is 5.75 Å². The third-order valence-electron chi connectivity index (χ3n) is 2.83. The van der Waals surface area contributed by atoms with Gasteiger partial charge in [0.2, 0.25) is 5.91 Å². The molecule has 2 rings (SSSR count). The van der Waals surface area contributed by atoms with E-state index in [0.717, 1.165) is 11.1 Å². The van der Waals surface area contributed by atoms with Crippen LogP contribution in [0.1, 0.15) is 17.2 Å². The zero-order chi connectivity index (χ0) is 13.8. The summed E-state index contributed by atoms with van der Waals surface area (Å²) in [5.74, 6) is -0.212. The molecule has 98 valence electrons. The van der Waals surface area contributed by atoms with E-state index in [-0.39, 0.29) is 11.7 Å². The van der Waals surface area contributed by atoms with Crippen LogP contribution < -0.4 is 11.1 Å². The maximum Gasteiger partial charge on any atom is 0.245 e. The van der Waals surface area contributed by atoms with Gasteiger partial charge < -0.3 is 16.2 Å². The largest absolute Gasteiger partial charge is 0.508 e. The average Bonchev–Trinajstić information content (AvgIpc) is 2.39. The molecule has 4 N–H and O–H groups in total. The average molecular weight is 256 g/mol. The maximum absolute atomic E-state index is 12.0. The van der Waals surface area contributed by atoms with Crippen molar-refractivity contribution in [1.82, 2.24) is 0 Å².